The van der Waals surface area contributed by atoms with E-state index in [0.29, 0.717) is 12.4 Å². The summed E-state index contributed by atoms with van der Waals surface area (Å²) in [6, 6.07) is 9.95. The third-order valence-corrected chi connectivity index (χ3v) is 2.80. The molecule has 3 aromatic rings. The van der Waals surface area contributed by atoms with E-state index in [-0.39, 0.29) is 18.2 Å². The van der Waals surface area contributed by atoms with Crippen LogP contribution in [0.15, 0.2) is 42.6 Å². The fraction of sp³-hybridized carbons (Fsp3) is 0.0769. The Morgan fingerprint density at radius 2 is 1.79 bits per heavy atom. The molecule has 4 nitrogen and oxygen atoms in total. The van der Waals surface area contributed by atoms with Gasteiger partial charge in [-0.1, -0.05) is 6.07 Å². The molecule has 6 heteroatoms. The lowest BCUT2D eigenvalue weighted by Gasteiger charge is -2.02. The van der Waals surface area contributed by atoms with Gasteiger partial charge in [-0.3, -0.25) is 4.40 Å². The predicted octanol–water partition coefficient (Wildman–Crippen LogP) is 2.42. The van der Waals surface area contributed by atoms with E-state index in [1.54, 1.807) is 12.1 Å². The molecule has 0 saturated carbocycles. The molecule has 0 bridgehead atoms. The Kier molecular flexibility index (Phi) is 3.78. The van der Waals surface area contributed by atoms with Crippen LogP contribution in [0.3, 0.4) is 0 Å². The first-order chi connectivity index (χ1) is 8.78. The summed E-state index contributed by atoms with van der Waals surface area (Å²) >= 11 is 0. The maximum absolute atomic E-state index is 12.9. The van der Waals surface area contributed by atoms with Crippen molar-refractivity contribution in [3.8, 4) is 11.4 Å². The first-order valence-corrected chi connectivity index (χ1v) is 5.57. The highest BCUT2D eigenvalue weighted by Crippen LogP contribution is 2.19. The van der Waals surface area contributed by atoms with Crippen molar-refractivity contribution in [2.75, 3.05) is 0 Å². The van der Waals surface area contributed by atoms with Gasteiger partial charge in [-0.05, 0) is 35.9 Å². The van der Waals surface area contributed by atoms with Crippen molar-refractivity contribution in [1.29, 1.82) is 0 Å². The summed E-state index contributed by atoms with van der Waals surface area (Å²) in [5, 5.41) is 8.19. The fourth-order valence-electron chi connectivity index (χ4n) is 1.85. The summed E-state index contributed by atoms with van der Waals surface area (Å²) in [7, 11) is 0. The molecule has 0 spiro atoms. The van der Waals surface area contributed by atoms with E-state index >= 15 is 0 Å². The summed E-state index contributed by atoms with van der Waals surface area (Å²) < 4.78 is 14.8. The van der Waals surface area contributed by atoms with Gasteiger partial charge in [0, 0.05) is 18.3 Å². The lowest BCUT2D eigenvalue weighted by molar-refractivity contribution is 0.628. The zero-order valence-electron chi connectivity index (χ0n) is 9.95. The molecule has 0 radical (unpaired) electrons. The van der Waals surface area contributed by atoms with Gasteiger partial charge in [0.1, 0.15) is 5.82 Å². The smallest absolute Gasteiger partial charge is 0.168 e. The summed E-state index contributed by atoms with van der Waals surface area (Å²) in [6.07, 6.45) is 1.90. The van der Waals surface area contributed by atoms with Crippen LogP contribution in [-0.4, -0.2) is 14.6 Å². The number of nitrogens with zero attached hydrogens (tertiary/aromatic N) is 3. The van der Waals surface area contributed by atoms with E-state index in [1.807, 2.05) is 22.7 Å². The number of hydrogen-bond donors (Lipinski definition) is 1. The Labute approximate surface area is 115 Å². The Hall–Kier alpha value is -1.98. The number of halogens is 2. The minimum absolute atomic E-state index is 0. The molecule has 2 heterocycles. The van der Waals surface area contributed by atoms with Crippen LogP contribution in [-0.2, 0) is 6.54 Å². The number of pyridine rings is 1. The Morgan fingerprint density at radius 3 is 2.47 bits per heavy atom. The molecule has 0 fully saturated rings. The molecule has 0 aliphatic carbocycles. The number of fused-ring (bicyclic) bond motifs is 1. The summed E-state index contributed by atoms with van der Waals surface area (Å²) in [4.78, 5) is 0. The monoisotopic (exact) mass is 278 g/mol. The van der Waals surface area contributed by atoms with Crippen molar-refractivity contribution in [2.45, 2.75) is 6.54 Å². The van der Waals surface area contributed by atoms with Crippen LogP contribution in [0.4, 0.5) is 4.39 Å². The van der Waals surface area contributed by atoms with Crippen LogP contribution in [0.1, 0.15) is 5.56 Å². The summed E-state index contributed by atoms with van der Waals surface area (Å²) in [5.74, 6) is 0.413. The molecule has 2 N–H and O–H groups in total. The molecule has 19 heavy (non-hydrogen) atoms. The molecule has 98 valence electrons. The van der Waals surface area contributed by atoms with Crippen molar-refractivity contribution in [1.82, 2.24) is 14.6 Å². The molecule has 0 amide bonds. The largest absolute Gasteiger partial charge is 0.326 e. The third-order valence-electron chi connectivity index (χ3n) is 2.80. The zero-order valence-corrected chi connectivity index (χ0v) is 10.8. The number of rotatable bonds is 2. The highest BCUT2D eigenvalue weighted by molar-refractivity contribution is 5.85. The number of benzene rings is 1. The maximum atomic E-state index is 12.9. The molecule has 1 aromatic carbocycles. The van der Waals surface area contributed by atoms with Gasteiger partial charge in [0.15, 0.2) is 11.5 Å². The predicted molar refractivity (Wildman–Crippen MR) is 73.5 cm³/mol. The third kappa shape index (κ3) is 2.43. The zero-order chi connectivity index (χ0) is 12.5. The van der Waals surface area contributed by atoms with Crippen LogP contribution in [0.25, 0.3) is 17.0 Å². The van der Waals surface area contributed by atoms with Gasteiger partial charge in [-0.25, -0.2) is 4.39 Å². The van der Waals surface area contributed by atoms with Gasteiger partial charge in [0.05, 0.1) is 0 Å². The van der Waals surface area contributed by atoms with Crippen LogP contribution in [0, 0.1) is 5.82 Å². The summed E-state index contributed by atoms with van der Waals surface area (Å²) in [6.45, 7) is 0.455. The van der Waals surface area contributed by atoms with Crippen LogP contribution in [0.5, 0.6) is 0 Å². The molecule has 0 atom stereocenters. The van der Waals surface area contributed by atoms with Gasteiger partial charge in [-0.2, -0.15) is 0 Å². The average Bonchev–Trinajstić information content (AvgIpc) is 2.82. The summed E-state index contributed by atoms with van der Waals surface area (Å²) in [5.41, 5.74) is 8.17. The second kappa shape index (κ2) is 5.34. The van der Waals surface area contributed by atoms with Crippen molar-refractivity contribution in [2.24, 2.45) is 5.73 Å². The van der Waals surface area contributed by atoms with E-state index in [1.165, 1.54) is 12.1 Å². The number of aromatic nitrogens is 3. The van der Waals surface area contributed by atoms with Crippen molar-refractivity contribution in [3.63, 3.8) is 0 Å². The molecule has 0 aliphatic rings. The van der Waals surface area contributed by atoms with E-state index < -0.39 is 0 Å². The Balaban J connectivity index is 0.00000133. The van der Waals surface area contributed by atoms with Crippen molar-refractivity contribution < 1.29 is 4.39 Å². The minimum Gasteiger partial charge on any atom is -0.326 e. The van der Waals surface area contributed by atoms with E-state index in [0.717, 1.165) is 16.8 Å². The lowest BCUT2D eigenvalue weighted by atomic mass is 10.2. The topological polar surface area (TPSA) is 56.2 Å². The van der Waals surface area contributed by atoms with Crippen molar-refractivity contribution in [3.05, 3.63) is 54.0 Å². The molecule has 3 rings (SSSR count). The average molecular weight is 279 g/mol. The molecule has 0 saturated heterocycles. The fourth-order valence-corrected chi connectivity index (χ4v) is 1.85. The van der Waals surface area contributed by atoms with Crippen LogP contribution < -0.4 is 5.73 Å². The van der Waals surface area contributed by atoms with Gasteiger partial charge >= 0.3 is 0 Å². The second-order valence-corrected chi connectivity index (χ2v) is 4.00. The highest BCUT2D eigenvalue weighted by Gasteiger charge is 2.08. The lowest BCUT2D eigenvalue weighted by Crippen LogP contribution is -1.99. The van der Waals surface area contributed by atoms with E-state index in [4.69, 9.17) is 5.73 Å². The molecule has 0 aliphatic heterocycles. The second-order valence-electron chi connectivity index (χ2n) is 4.00. The van der Waals surface area contributed by atoms with Gasteiger partial charge < -0.3 is 5.73 Å². The normalized spacial score (nSPS) is 10.4. The van der Waals surface area contributed by atoms with E-state index in [9.17, 15) is 4.39 Å². The highest BCUT2D eigenvalue weighted by atomic mass is 35.5. The van der Waals surface area contributed by atoms with Crippen molar-refractivity contribution >= 4 is 18.1 Å². The standard InChI is InChI=1S/C13H11FN4.ClH/c14-11-4-2-10(3-5-11)13-17-16-12-6-1-9(7-15)8-18(12)13;/h1-6,8H,7,15H2;1H. The molecule has 2 aromatic heterocycles. The molecular formula is C13H12ClFN4. The van der Waals surface area contributed by atoms with Gasteiger partial charge in [0.2, 0.25) is 0 Å². The van der Waals surface area contributed by atoms with Crippen LogP contribution >= 0.6 is 12.4 Å². The molecular weight excluding hydrogens is 267 g/mol. The Bertz CT molecular complexity index is 693. The van der Waals surface area contributed by atoms with E-state index in [2.05, 4.69) is 10.2 Å². The van der Waals surface area contributed by atoms with Gasteiger partial charge in [-0.15, -0.1) is 22.6 Å². The quantitative estimate of drug-likeness (QED) is 0.783. The Morgan fingerprint density at radius 1 is 1.05 bits per heavy atom. The minimum atomic E-state index is -0.268. The van der Waals surface area contributed by atoms with Crippen LogP contribution in [0.2, 0.25) is 0 Å². The van der Waals surface area contributed by atoms with Gasteiger partial charge in [0.25, 0.3) is 0 Å². The maximum Gasteiger partial charge on any atom is 0.168 e. The SMILES string of the molecule is Cl.NCc1ccc2nnc(-c3ccc(F)cc3)n2c1. The number of hydrogen-bond acceptors (Lipinski definition) is 3. The first-order valence-electron chi connectivity index (χ1n) is 5.57. The molecule has 0 unspecified atom stereocenters. The first kappa shape index (κ1) is 13.5. The number of nitrogens with two attached hydrogens (primary N) is 1.